The molecule has 0 spiro atoms. The molecular weight excluding hydrogens is 246 g/mol. The number of phenols is 1. The number of para-hydroxylation sites is 1. The molecule has 0 fully saturated rings. The summed E-state index contributed by atoms with van der Waals surface area (Å²) in [6.45, 7) is 1.92. The lowest BCUT2D eigenvalue weighted by Crippen LogP contribution is -2.32. The minimum atomic E-state index is -0.231. The van der Waals surface area contributed by atoms with Gasteiger partial charge in [0, 0.05) is 12.6 Å². The Bertz CT molecular complexity index is 555. The molecule has 0 bridgehead atoms. The van der Waals surface area contributed by atoms with Gasteiger partial charge in [0.25, 0.3) is 0 Å². The summed E-state index contributed by atoms with van der Waals surface area (Å²) in [7, 11) is 1.68. The summed E-state index contributed by atoms with van der Waals surface area (Å²) in [4.78, 5) is 13.6. The summed E-state index contributed by atoms with van der Waals surface area (Å²) < 4.78 is 1.36. The second-order valence-electron chi connectivity index (χ2n) is 4.25. The van der Waals surface area contributed by atoms with Crippen LogP contribution in [0.15, 0.2) is 30.6 Å². The van der Waals surface area contributed by atoms with Crippen molar-refractivity contribution in [2.24, 2.45) is 0 Å². The standard InChI is InChI=1S/C12H15N5O2/c1-9(10-5-3-4-6-11(10)18)16(2)12(19)7-17-8-13-14-15-17/h3-6,8-9,18H,7H2,1-2H3. The van der Waals surface area contributed by atoms with Gasteiger partial charge in [-0.3, -0.25) is 4.79 Å². The van der Waals surface area contributed by atoms with E-state index in [9.17, 15) is 9.90 Å². The van der Waals surface area contributed by atoms with Crippen LogP contribution in [0.5, 0.6) is 5.75 Å². The first-order valence-electron chi connectivity index (χ1n) is 5.84. The number of likely N-dealkylation sites (N-methyl/N-ethyl adjacent to an activating group) is 1. The van der Waals surface area contributed by atoms with Gasteiger partial charge in [0.1, 0.15) is 18.6 Å². The Morgan fingerprint density at radius 1 is 1.47 bits per heavy atom. The summed E-state index contributed by atoms with van der Waals surface area (Å²) in [5.41, 5.74) is 0.704. The van der Waals surface area contributed by atoms with E-state index in [1.807, 2.05) is 13.0 Å². The van der Waals surface area contributed by atoms with Crippen molar-refractivity contribution in [3.63, 3.8) is 0 Å². The van der Waals surface area contributed by atoms with E-state index in [4.69, 9.17) is 0 Å². The van der Waals surface area contributed by atoms with E-state index < -0.39 is 0 Å². The van der Waals surface area contributed by atoms with Gasteiger partial charge < -0.3 is 10.0 Å². The third kappa shape index (κ3) is 2.87. The van der Waals surface area contributed by atoms with Crippen molar-refractivity contribution in [3.05, 3.63) is 36.2 Å². The van der Waals surface area contributed by atoms with Crippen LogP contribution in [0.4, 0.5) is 0 Å². The molecule has 7 heteroatoms. The van der Waals surface area contributed by atoms with Crippen LogP contribution in [0.1, 0.15) is 18.5 Å². The van der Waals surface area contributed by atoms with Gasteiger partial charge in [-0.05, 0) is 23.4 Å². The molecule has 1 atom stereocenters. The second-order valence-corrected chi connectivity index (χ2v) is 4.25. The van der Waals surface area contributed by atoms with E-state index in [2.05, 4.69) is 15.5 Å². The maximum absolute atomic E-state index is 12.1. The van der Waals surface area contributed by atoms with Crippen LogP contribution in [0.2, 0.25) is 0 Å². The van der Waals surface area contributed by atoms with Crippen LogP contribution in [0, 0.1) is 0 Å². The van der Waals surface area contributed by atoms with E-state index in [0.29, 0.717) is 5.56 Å². The van der Waals surface area contributed by atoms with Gasteiger partial charge in [-0.1, -0.05) is 18.2 Å². The highest BCUT2D eigenvalue weighted by Gasteiger charge is 2.20. The molecule has 1 N–H and O–H groups in total. The third-order valence-corrected chi connectivity index (χ3v) is 3.05. The van der Waals surface area contributed by atoms with Gasteiger partial charge in [-0.2, -0.15) is 0 Å². The zero-order valence-electron chi connectivity index (χ0n) is 10.8. The monoisotopic (exact) mass is 261 g/mol. The lowest BCUT2D eigenvalue weighted by Gasteiger charge is -2.25. The number of hydrogen-bond donors (Lipinski definition) is 1. The molecule has 7 nitrogen and oxygen atoms in total. The average molecular weight is 261 g/mol. The first-order chi connectivity index (χ1) is 9.09. The molecule has 1 aromatic heterocycles. The third-order valence-electron chi connectivity index (χ3n) is 3.05. The molecule has 0 aliphatic rings. The minimum absolute atomic E-state index is 0.0709. The van der Waals surface area contributed by atoms with Gasteiger partial charge in [0.2, 0.25) is 5.91 Å². The molecule has 19 heavy (non-hydrogen) atoms. The Labute approximate surface area is 110 Å². The van der Waals surface area contributed by atoms with Crippen LogP contribution < -0.4 is 0 Å². The average Bonchev–Trinajstić information content (AvgIpc) is 2.90. The number of phenolic OH excluding ortho intramolecular Hbond substituents is 1. The van der Waals surface area contributed by atoms with Crippen molar-refractivity contribution in [1.29, 1.82) is 0 Å². The predicted octanol–water partition coefficient (Wildman–Crippen LogP) is 0.598. The summed E-state index contributed by atoms with van der Waals surface area (Å²) in [6, 6.07) is 6.73. The van der Waals surface area contributed by atoms with Crippen LogP contribution >= 0.6 is 0 Å². The fourth-order valence-electron chi connectivity index (χ4n) is 1.77. The van der Waals surface area contributed by atoms with Gasteiger partial charge in [-0.15, -0.1) is 5.10 Å². The number of amides is 1. The predicted molar refractivity (Wildman–Crippen MR) is 67.1 cm³/mol. The molecule has 0 aliphatic carbocycles. The zero-order chi connectivity index (χ0) is 13.8. The minimum Gasteiger partial charge on any atom is -0.508 e. The fraction of sp³-hybridized carbons (Fsp3) is 0.333. The Morgan fingerprint density at radius 3 is 2.84 bits per heavy atom. The van der Waals surface area contributed by atoms with Crippen molar-refractivity contribution in [3.8, 4) is 5.75 Å². The number of hydrogen-bond acceptors (Lipinski definition) is 5. The highest BCUT2D eigenvalue weighted by Crippen LogP contribution is 2.27. The number of carbonyl (C=O) groups is 1. The lowest BCUT2D eigenvalue weighted by atomic mass is 10.1. The molecule has 1 aromatic carbocycles. The SMILES string of the molecule is CC(c1ccccc1O)N(C)C(=O)Cn1cnnn1. The van der Waals surface area contributed by atoms with Crippen LogP contribution in [-0.2, 0) is 11.3 Å². The summed E-state index contributed by atoms with van der Waals surface area (Å²) in [5.74, 6) is 0.0418. The largest absolute Gasteiger partial charge is 0.508 e. The number of nitrogens with zero attached hydrogens (tertiary/aromatic N) is 5. The smallest absolute Gasteiger partial charge is 0.244 e. The Morgan fingerprint density at radius 2 is 2.21 bits per heavy atom. The first-order valence-corrected chi connectivity index (χ1v) is 5.84. The zero-order valence-corrected chi connectivity index (χ0v) is 10.8. The quantitative estimate of drug-likeness (QED) is 0.871. The molecule has 1 unspecified atom stereocenters. The molecule has 100 valence electrons. The number of aromatic hydroxyl groups is 1. The maximum atomic E-state index is 12.1. The molecule has 0 saturated heterocycles. The first kappa shape index (κ1) is 13.0. The number of benzene rings is 1. The van der Waals surface area contributed by atoms with E-state index in [-0.39, 0.29) is 24.2 Å². The maximum Gasteiger partial charge on any atom is 0.244 e. The molecule has 1 amide bonds. The Kier molecular flexibility index (Phi) is 3.74. The van der Waals surface area contributed by atoms with Crippen LogP contribution in [0.3, 0.4) is 0 Å². The van der Waals surface area contributed by atoms with E-state index >= 15 is 0 Å². The highest BCUT2D eigenvalue weighted by atomic mass is 16.3. The number of carbonyl (C=O) groups excluding carboxylic acids is 1. The molecule has 2 aromatic rings. The van der Waals surface area contributed by atoms with E-state index in [0.717, 1.165) is 0 Å². The van der Waals surface area contributed by atoms with Crippen molar-refractivity contribution in [2.45, 2.75) is 19.5 Å². The molecule has 0 saturated carbocycles. The van der Waals surface area contributed by atoms with Crippen LogP contribution in [0.25, 0.3) is 0 Å². The van der Waals surface area contributed by atoms with Gasteiger partial charge in [0.15, 0.2) is 0 Å². The topological polar surface area (TPSA) is 84.1 Å². The number of aromatic nitrogens is 4. The Balaban J connectivity index is 2.09. The molecular formula is C12H15N5O2. The second kappa shape index (κ2) is 5.47. The van der Waals surface area contributed by atoms with Gasteiger partial charge in [0.05, 0.1) is 6.04 Å². The molecule has 1 heterocycles. The molecule has 0 aliphatic heterocycles. The number of tetrazole rings is 1. The van der Waals surface area contributed by atoms with Gasteiger partial charge >= 0.3 is 0 Å². The Hall–Kier alpha value is -2.44. The van der Waals surface area contributed by atoms with Crippen molar-refractivity contribution in [2.75, 3.05) is 7.05 Å². The molecule has 0 radical (unpaired) electrons. The molecule has 2 rings (SSSR count). The van der Waals surface area contributed by atoms with Crippen molar-refractivity contribution < 1.29 is 9.90 Å². The summed E-state index contributed by atoms with van der Waals surface area (Å²) >= 11 is 0. The normalized spacial score (nSPS) is 12.1. The van der Waals surface area contributed by atoms with E-state index in [1.165, 1.54) is 11.0 Å². The summed E-state index contributed by atoms with van der Waals surface area (Å²) in [6.07, 6.45) is 1.39. The summed E-state index contributed by atoms with van der Waals surface area (Å²) in [5, 5.41) is 20.4. The number of rotatable bonds is 4. The van der Waals surface area contributed by atoms with Gasteiger partial charge in [-0.25, -0.2) is 4.68 Å². The fourth-order valence-corrected chi connectivity index (χ4v) is 1.77. The van der Waals surface area contributed by atoms with Crippen LogP contribution in [-0.4, -0.2) is 43.2 Å². The van der Waals surface area contributed by atoms with Crippen molar-refractivity contribution in [1.82, 2.24) is 25.1 Å². The lowest BCUT2D eigenvalue weighted by molar-refractivity contribution is -0.132. The van der Waals surface area contributed by atoms with E-state index in [1.54, 1.807) is 30.1 Å². The van der Waals surface area contributed by atoms with Crippen molar-refractivity contribution >= 4 is 5.91 Å². The highest BCUT2D eigenvalue weighted by molar-refractivity contribution is 5.76.